The van der Waals surface area contributed by atoms with E-state index in [0.29, 0.717) is 37.6 Å². The van der Waals surface area contributed by atoms with E-state index < -0.39 is 10.0 Å². The first-order chi connectivity index (χ1) is 16.4. The highest BCUT2D eigenvalue weighted by molar-refractivity contribution is 7.89. The summed E-state index contributed by atoms with van der Waals surface area (Å²) >= 11 is 6.18. The predicted molar refractivity (Wildman–Crippen MR) is 129 cm³/mol. The van der Waals surface area contributed by atoms with Gasteiger partial charge in [0.1, 0.15) is 16.8 Å². The number of nitriles is 1. The maximum Gasteiger partial charge on any atom is 0.254 e. The molecule has 0 atom stereocenters. The molecule has 0 radical (unpaired) electrons. The van der Waals surface area contributed by atoms with Gasteiger partial charge in [-0.25, -0.2) is 18.1 Å². The van der Waals surface area contributed by atoms with Crippen molar-refractivity contribution in [1.82, 2.24) is 14.6 Å². The molecule has 174 valence electrons. The topological polar surface area (TPSA) is 106 Å². The van der Waals surface area contributed by atoms with Gasteiger partial charge >= 0.3 is 0 Å². The van der Waals surface area contributed by atoms with Crippen molar-refractivity contribution in [2.75, 3.05) is 31.1 Å². The maximum atomic E-state index is 13.1. The van der Waals surface area contributed by atoms with Crippen LogP contribution in [0.5, 0.6) is 0 Å². The van der Waals surface area contributed by atoms with Crippen LogP contribution in [0.25, 0.3) is 0 Å². The van der Waals surface area contributed by atoms with Crippen LogP contribution in [0.1, 0.15) is 21.5 Å². The molecule has 1 aliphatic heterocycles. The molecule has 1 saturated heterocycles. The molecule has 1 N–H and O–H groups in total. The minimum atomic E-state index is -3.93. The monoisotopic (exact) mass is 495 g/mol. The fourth-order valence-corrected chi connectivity index (χ4v) is 5.28. The van der Waals surface area contributed by atoms with Crippen LogP contribution < -0.4 is 9.62 Å². The number of benzene rings is 2. The molecule has 0 unspecified atom stereocenters. The molecule has 3 aromatic rings. The quantitative estimate of drug-likeness (QED) is 0.563. The Balaban J connectivity index is 1.46. The smallest absolute Gasteiger partial charge is 0.254 e. The van der Waals surface area contributed by atoms with E-state index in [2.05, 4.69) is 15.8 Å². The summed E-state index contributed by atoms with van der Waals surface area (Å²) in [4.78, 5) is 20.9. The Labute approximate surface area is 203 Å². The lowest BCUT2D eigenvalue weighted by molar-refractivity contribution is 0.0746. The molecular formula is C24H22ClN5O3S. The summed E-state index contributed by atoms with van der Waals surface area (Å²) < 4.78 is 28.3. The van der Waals surface area contributed by atoms with Crippen LogP contribution in [-0.4, -0.2) is 50.4 Å². The predicted octanol–water partition coefficient (Wildman–Crippen LogP) is 3.05. The summed E-state index contributed by atoms with van der Waals surface area (Å²) in [6, 6.07) is 19.0. The van der Waals surface area contributed by atoms with Crippen LogP contribution in [0.4, 0.5) is 5.82 Å². The van der Waals surface area contributed by atoms with Crippen LogP contribution in [0, 0.1) is 11.3 Å². The van der Waals surface area contributed by atoms with Crippen molar-refractivity contribution < 1.29 is 13.2 Å². The van der Waals surface area contributed by atoms with Crippen LogP contribution in [-0.2, 0) is 16.6 Å². The van der Waals surface area contributed by atoms with Crippen molar-refractivity contribution in [1.29, 1.82) is 5.26 Å². The summed E-state index contributed by atoms with van der Waals surface area (Å²) in [6.45, 7) is 1.95. The Morgan fingerprint density at radius 2 is 1.79 bits per heavy atom. The van der Waals surface area contributed by atoms with Gasteiger partial charge in [0.15, 0.2) is 0 Å². The Morgan fingerprint density at radius 3 is 2.50 bits per heavy atom. The van der Waals surface area contributed by atoms with Gasteiger partial charge in [0.05, 0.1) is 10.6 Å². The van der Waals surface area contributed by atoms with Gasteiger partial charge in [-0.1, -0.05) is 41.9 Å². The molecule has 2 heterocycles. The van der Waals surface area contributed by atoms with Gasteiger partial charge in [-0.2, -0.15) is 5.26 Å². The molecule has 1 aliphatic rings. The molecule has 1 aromatic heterocycles. The first-order valence-corrected chi connectivity index (χ1v) is 12.5. The van der Waals surface area contributed by atoms with E-state index in [4.69, 9.17) is 11.6 Å². The fourth-order valence-electron chi connectivity index (χ4n) is 3.73. The summed E-state index contributed by atoms with van der Waals surface area (Å²) in [5.41, 5.74) is 1.53. The lowest BCUT2D eigenvalue weighted by Crippen LogP contribution is -2.49. The van der Waals surface area contributed by atoms with Gasteiger partial charge in [0.2, 0.25) is 10.0 Å². The third-order valence-electron chi connectivity index (χ3n) is 5.55. The number of rotatable bonds is 6. The van der Waals surface area contributed by atoms with Gasteiger partial charge in [0, 0.05) is 44.5 Å². The number of hydrogen-bond donors (Lipinski definition) is 1. The normalized spacial score (nSPS) is 14.0. The second kappa shape index (κ2) is 10.2. The zero-order valence-corrected chi connectivity index (χ0v) is 19.8. The number of nitrogens with zero attached hydrogens (tertiary/aromatic N) is 4. The van der Waals surface area contributed by atoms with E-state index in [9.17, 15) is 18.5 Å². The van der Waals surface area contributed by atoms with Gasteiger partial charge in [-0.3, -0.25) is 4.79 Å². The molecule has 0 spiro atoms. The summed E-state index contributed by atoms with van der Waals surface area (Å²) in [6.07, 6.45) is 1.63. The largest absolute Gasteiger partial charge is 0.352 e. The van der Waals surface area contributed by atoms with Crippen molar-refractivity contribution in [2.24, 2.45) is 0 Å². The molecule has 1 amide bonds. The second-order valence-electron chi connectivity index (χ2n) is 7.72. The number of aromatic nitrogens is 1. The lowest BCUT2D eigenvalue weighted by Gasteiger charge is -2.35. The van der Waals surface area contributed by atoms with Crippen molar-refractivity contribution in [3.05, 3.63) is 88.6 Å². The second-order valence-corrected chi connectivity index (χ2v) is 9.86. The van der Waals surface area contributed by atoms with Crippen molar-refractivity contribution in [2.45, 2.75) is 11.4 Å². The average Bonchev–Trinajstić information content (AvgIpc) is 2.88. The van der Waals surface area contributed by atoms with E-state index in [-0.39, 0.29) is 27.9 Å². The summed E-state index contributed by atoms with van der Waals surface area (Å²) in [5.74, 6) is 0.318. The maximum absolute atomic E-state index is 13.1. The number of halogens is 1. The molecular weight excluding hydrogens is 474 g/mol. The van der Waals surface area contributed by atoms with Gasteiger partial charge in [-0.15, -0.1) is 0 Å². The molecule has 10 heteroatoms. The number of carbonyl (C=O) groups excluding carboxylic acids is 1. The van der Waals surface area contributed by atoms with E-state index in [0.717, 1.165) is 5.56 Å². The average molecular weight is 496 g/mol. The first kappa shape index (κ1) is 23.7. The van der Waals surface area contributed by atoms with Gasteiger partial charge < -0.3 is 9.80 Å². The zero-order chi connectivity index (χ0) is 24.1. The van der Waals surface area contributed by atoms with Crippen molar-refractivity contribution in [3.63, 3.8) is 0 Å². The molecule has 0 bridgehead atoms. The summed E-state index contributed by atoms with van der Waals surface area (Å²) in [7, 11) is -3.93. The fraction of sp³-hybridized carbons (Fsp3) is 0.208. The third-order valence-corrected chi connectivity index (χ3v) is 7.43. The Kier molecular flexibility index (Phi) is 7.12. The van der Waals surface area contributed by atoms with Crippen LogP contribution in [0.2, 0.25) is 5.02 Å². The highest BCUT2D eigenvalue weighted by Crippen LogP contribution is 2.25. The Hall–Kier alpha value is -3.45. The lowest BCUT2D eigenvalue weighted by atomic mass is 10.1. The molecule has 0 saturated carbocycles. The SMILES string of the molecule is N#Cc1cccnc1N1CCN(C(=O)c2ccc(Cl)c(S(=O)(=O)NCc3ccccc3)c2)CC1. The molecule has 1 fully saturated rings. The Bertz CT molecular complexity index is 1330. The van der Waals surface area contributed by atoms with Crippen LogP contribution in [0.3, 0.4) is 0 Å². The minimum absolute atomic E-state index is 0.0427. The molecule has 8 nitrogen and oxygen atoms in total. The molecule has 34 heavy (non-hydrogen) atoms. The highest BCUT2D eigenvalue weighted by Gasteiger charge is 2.26. The number of sulfonamides is 1. The number of anilines is 1. The van der Waals surface area contributed by atoms with Crippen molar-refractivity contribution in [3.8, 4) is 6.07 Å². The minimum Gasteiger partial charge on any atom is -0.352 e. The standard InChI is InChI=1S/C24H22ClN5O3S/c25-21-9-8-19(15-22(21)34(32,33)28-17-18-5-2-1-3-6-18)24(31)30-13-11-29(12-14-30)23-20(16-26)7-4-10-27-23/h1-10,15,28H,11-14,17H2. The summed E-state index contributed by atoms with van der Waals surface area (Å²) in [5, 5.41) is 9.35. The third kappa shape index (κ3) is 5.20. The molecule has 0 aliphatic carbocycles. The van der Waals surface area contributed by atoms with E-state index in [1.54, 1.807) is 23.2 Å². The number of nitrogens with one attached hydrogen (secondary N) is 1. The van der Waals surface area contributed by atoms with E-state index in [1.807, 2.05) is 35.2 Å². The highest BCUT2D eigenvalue weighted by atomic mass is 35.5. The Morgan fingerprint density at radius 1 is 1.06 bits per heavy atom. The number of hydrogen-bond acceptors (Lipinski definition) is 6. The van der Waals surface area contributed by atoms with E-state index in [1.165, 1.54) is 18.2 Å². The van der Waals surface area contributed by atoms with Gasteiger partial charge in [0.25, 0.3) is 5.91 Å². The van der Waals surface area contributed by atoms with E-state index >= 15 is 0 Å². The first-order valence-electron chi connectivity index (χ1n) is 10.6. The number of pyridine rings is 1. The molecule has 4 rings (SSSR count). The van der Waals surface area contributed by atoms with Gasteiger partial charge in [-0.05, 0) is 35.9 Å². The number of carbonyl (C=O) groups is 1. The van der Waals surface area contributed by atoms with Crippen molar-refractivity contribution >= 4 is 33.3 Å². The number of amides is 1. The zero-order valence-electron chi connectivity index (χ0n) is 18.2. The molecule has 2 aromatic carbocycles. The van der Waals surface area contributed by atoms with Crippen LogP contribution >= 0.6 is 11.6 Å². The van der Waals surface area contributed by atoms with Crippen LogP contribution in [0.15, 0.2) is 71.8 Å². The number of piperazine rings is 1.